The van der Waals surface area contributed by atoms with Gasteiger partial charge in [0.15, 0.2) is 18.7 Å². The highest BCUT2D eigenvalue weighted by Crippen LogP contribution is 2.44. The van der Waals surface area contributed by atoms with Gasteiger partial charge >= 0.3 is 18.1 Å². The van der Waals surface area contributed by atoms with Crippen molar-refractivity contribution in [2.24, 2.45) is 17.8 Å². The number of anilines is 2. The summed E-state index contributed by atoms with van der Waals surface area (Å²) >= 11 is 0. The number of β-amino-alcohol motifs (C(OH)–C–C–N with tert-alkyl or cyclic N) is 1. The molecule has 4 aliphatic heterocycles. The number of urea groups is 1. The molecular formula is C56H90N6O14. The van der Waals surface area contributed by atoms with Crippen molar-refractivity contribution in [2.45, 2.75) is 185 Å². The van der Waals surface area contributed by atoms with Crippen LogP contribution < -0.4 is 16.0 Å². The molecule has 20 heteroatoms. The third-order valence-corrected chi connectivity index (χ3v) is 16.7. The van der Waals surface area contributed by atoms with Gasteiger partial charge in [-0.3, -0.25) is 15.0 Å². The van der Waals surface area contributed by atoms with Crippen LogP contribution in [0, 0.1) is 17.8 Å². The van der Waals surface area contributed by atoms with Gasteiger partial charge in [-0.25, -0.2) is 9.59 Å². The summed E-state index contributed by atoms with van der Waals surface area (Å²) in [4.78, 5) is 48.8. The Hall–Kier alpha value is -4.03. The molecular weight excluding hydrogens is 981 g/mol. The van der Waals surface area contributed by atoms with Gasteiger partial charge in [-0.2, -0.15) is 0 Å². The van der Waals surface area contributed by atoms with Crippen LogP contribution in [0.1, 0.15) is 94.9 Å². The van der Waals surface area contributed by atoms with E-state index >= 15 is 0 Å². The maximum absolute atomic E-state index is 14.8. The van der Waals surface area contributed by atoms with E-state index in [9.17, 15) is 34.8 Å². The number of methoxy groups -OCH3 is 1. The van der Waals surface area contributed by atoms with E-state index < -0.39 is 120 Å². The number of amides is 3. The fourth-order valence-corrected chi connectivity index (χ4v) is 11.7. The molecule has 4 aliphatic rings. The number of carbonyl (C=O) groups excluding carboxylic acids is 3. The number of cyclic esters (lactones) is 1. The molecule has 0 saturated carbocycles. The number of esters is 1. The van der Waals surface area contributed by atoms with Crippen LogP contribution in [0.4, 0.5) is 21.0 Å². The lowest BCUT2D eigenvalue weighted by Crippen LogP contribution is -2.71. The summed E-state index contributed by atoms with van der Waals surface area (Å²) in [5.41, 5.74) is -5.38. The molecule has 4 fully saturated rings. The number of rotatable bonds is 12. The number of aliphatic hydroxyl groups excluding tert-OH is 1. The lowest BCUT2D eigenvalue weighted by Gasteiger charge is -2.55. The topological polar surface area (TPSA) is 243 Å². The number of benzene rings is 2. The molecule has 6 rings (SSSR count). The number of hydrogen-bond acceptors (Lipinski definition) is 17. The van der Waals surface area contributed by atoms with Gasteiger partial charge in [-0.05, 0) is 112 Å². The van der Waals surface area contributed by atoms with Gasteiger partial charge in [0.1, 0.15) is 29.0 Å². The van der Waals surface area contributed by atoms with Crippen LogP contribution in [0.2, 0.25) is 0 Å². The molecule has 3 amide bonds. The summed E-state index contributed by atoms with van der Waals surface area (Å²) in [5.74, 6) is -3.18. The Kier molecular flexibility index (Phi) is 20.8. The van der Waals surface area contributed by atoms with E-state index in [-0.39, 0.29) is 44.7 Å². The molecule has 76 heavy (non-hydrogen) atoms. The van der Waals surface area contributed by atoms with Gasteiger partial charge < -0.3 is 74.0 Å². The highest BCUT2D eigenvalue weighted by atomic mass is 16.7. The number of nitrogens with one attached hydrogen (secondary N) is 3. The van der Waals surface area contributed by atoms with E-state index in [1.54, 1.807) is 104 Å². The maximum Gasteiger partial charge on any atom is 0.412 e. The van der Waals surface area contributed by atoms with Crippen LogP contribution in [-0.2, 0) is 38.0 Å². The molecule has 20 nitrogen and oxygen atoms in total. The molecule has 7 N–H and O–H groups in total. The second-order valence-corrected chi connectivity index (χ2v) is 22.9. The highest BCUT2D eigenvalue weighted by molar-refractivity contribution is 5.89. The van der Waals surface area contributed by atoms with E-state index in [4.69, 9.17) is 33.2 Å². The van der Waals surface area contributed by atoms with Gasteiger partial charge in [0, 0.05) is 76.6 Å². The fourth-order valence-electron chi connectivity index (χ4n) is 11.7. The molecule has 0 aromatic heterocycles. The molecule has 4 heterocycles. The van der Waals surface area contributed by atoms with E-state index in [2.05, 4.69) is 32.8 Å². The SMILES string of the molecule is CC[C@H]1OC(=O)[C@H](C)[C@@H](O[C@H]2C[C@@](C)(OC)[C@](O)(CN3CCN(C)CC3)[C@H](C)O2)[C@H](C)[C@@H](OC2OC(C)CC(N(C)C(=O)Nc3ccccc3)C2OC(=O)Nc2ccccc2)[C@](C)(O)C[C@@H](C)CN[C@H](C)[C@@H](O)[C@]1(C)O. The number of aliphatic hydroxyl groups is 4. The van der Waals surface area contributed by atoms with Gasteiger partial charge in [-0.15, -0.1) is 0 Å². The van der Waals surface area contributed by atoms with E-state index in [0.717, 1.165) is 26.2 Å². The number of ether oxygens (including phenoxy) is 7. The van der Waals surface area contributed by atoms with Gasteiger partial charge in [0.25, 0.3) is 0 Å². The summed E-state index contributed by atoms with van der Waals surface area (Å²) in [5, 5.41) is 58.4. The maximum atomic E-state index is 14.8. The second-order valence-electron chi connectivity index (χ2n) is 22.9. The van der Waals surface area contributed by atoms with Crippen LogP contribution in [0.25, 0.3) is 0 Å². The van der Waals surface area contributed by atoms with Crippen LogP contribution in [-0.4, -0.2) is 203 Å². The molecule has 0 radical (unpaired) electrons. The average Bonchev–Trinajstić information content (AvgIpc) is 3.37. The van der Waals surface area contributed by atoms with Crippen LogP contribution >= 0.6 is 0 Å². The van der Waals surface area contributed by atoms with Crippen LogP contribution in [0.3, 0.4) is 0 Å². The number of hydrogen-bond donors (Lipinski definition) is 7. The Morgan fingerprint density at radius 2 is 1.46 bits per heavy atom. The number of carbonyl (C=O) groups is 3. The standard InChI is InChI=1S/C56H90N6O14/c1-14-43-55(10,68)47(63)38(6)57-32-34(2)30-53(8,67)48(36(4)45(37(5)49(64)73-43)74-44-31-54(9,70-13)56(69,39(7)72-44)33-62-27-25-60(11)26-28-62)76-50-46(75-52(66)59-41-23-19-16-20-24-41)42(29-35(3)71-50)61(12)51(65)58-40-21-17-15-18-22-40/h15-24,34-39,42-48,50,57,63,67-69H,14,25-33H2,1-13H3,(H,58,65)(H,59,66)/t34-,35?,36+,37-,38-,39+,42?,43-,44+,45+,46?,47-,48-,50?,53-,54-,55-,56+/m1/s1. The molecule has 0 bridgehead atoms. The fraction of sp³-hybridized carbons (Fsp3) is 0.732. The zero-order valence-electron chi connectivity index (χ0n) is 47.1. The minimum atomic E-state index is -1.89. The van der Waals surface area contributed by atoms with Crippen LogP contribution in [0.5, 0.6) is 0 Å². The number of likely N-dealkylation sites (N-methyl/N-ethyl adjacent to an activating group) is 2. The third-order valence-electron chi connectivity index (χ3n) is 16.7. The van der Waals surface area contributed by atoms with Crippen molar-refractivity contribution >= 4 is 29.5 Å². The summed E-state index contributed by atoms with van der Waals surface area (Å²) in [6.07, 6.45) is -10.6. The smallest absolute Gasteiger partial charge is 0.412 e. The minimum Gasteiger partial charge on any atom is -0.459 e. The summed E-state index contributed by atoms with van der Waals surface area (Å²) in [6.45, 7) is 21.0. The normalized spacial score (nSPS) is 39.7. The summed E-state index contributed by atoms with van der Waals surface area (Å²) in [6, 6.07) is 15.7. The first kappa shape index (κ1) is 61.2. The minimum absolute atomic E-state index is 0.0266. The predicted molar refractivity (Wildman–Crippen MR) is 286 cm³/mol. The molecule has 18 atom stereocenters. The molecule has 4 unspecified atom stereocenters. The van der Waals surface area contributed by atoms with Crippen molar-refractivity contribution in [3.05, 3.63) is 60.7 Å². The Morgan fingerprint density at radius 3 is 2.05 bits per heavy atom. The Balaban J connectivity index is 1.43. The first-order chi connectivity index (χ1) is 35.7. The predicted octanol–water partition coefficient (Wildman–Crippen LogP) is 5.03. The molecule has 0 aliphatic carbocycles. The Morgan fingerprint density at radius 1 is 0.855 bits per heavy atom. The van der Waals surface area contributed by atoms with E-state index in [0.29, 0.717) is 11.4 Å². The number of nitrogens with zero attached hydrogens (tertiary/aromatic N) is 3. The number of piperazine rings is 1. The largest absolute Gasteiger partial charge is 0.459 e. The first-order valence-corrected chi connectivity index (χ1v) is 27.2. The van der Waals surface area contributed by atoms with Crippen molar-refractivity contribution in [3.8, 4) is 0 Å². The molecule has 2 aromatic carbocycles. The van der Waals surface area contributed by atoms with Crippen molar-refractivity contribution in [2.75, 3.05) is 71.1 Å². The summed E-state index contributed by atoms with van der Waals surface area (Å²) in [7, 11) is 5.21. The average molecular weight is 1070 g/mol. The lowest BCUT2D eigenvalue weighted by atomic mass is 9.74. The lowest BCUT2D eigenvalue weighted by molar-refractivity contribution is -0.339. The zero-order chi connectivity index (χ0) is 55.9. The third kappa shape index (κ3) is 14.4. The quantitative estimate of drug-likeness (QED) is 0.138. The van der Waals surface area contributed by atoms with Crippen molar-refractivity contribution in [3.63, 3.8) is 0 Å². The van der Waals surface area contributed by atoms with Gasteiger partial charge in [-0.1, -0.05) is 57.2 Å². The number of para-hydroxylation sites is 2. The monoisotopic (exact) mass is 1070 g/mol. The van der Waals surface area contributed by atoms with Crippen molar-refractivity contribution in [1.29, 1.82) is 0 Å². The summed E-state index contributed by atoms with van der Waals surface area (Å²) < 4.78 is 46.1. The zero-order valence-corrected chi connectivity index (χ0v) is 47.1. The highest BCUT2D eigenvalue weighted by Gasteiger charge is 2.59. The first-order valence-electron chi connectivity index (χ1n) is 27.2. The molecule has 4 saturated heterocycles. The van der Waals surface area contributed by atoms with E-state index in [1.165, 1.54) is 11.8 Å². The molecule has 2 aromatic rings. The van der Waals surface area contributed by atoms with Crippen molar-refractivity contribution < 1.29 is 68.0 Å². The molecule has 428 valence electrons. The van der Waals surface area contributed by atoms with E-state index in [1.807, 2.05) is 32.9 Å². The van der Waals surface area contributed by atoms with Crippen molar-refractivity contribution in [1.82, 2.24) is 20.0 Å². The van der Waals surface area contributed by atoms with Gasteiger partial charge in [0.2, 0.25) is 0 Å². The second kappa shape index (κ2) is 25.8. The Bertz CT molecular complexity index is 2170. The van der Waals surface area contributed by atoms with Crippen LogP contribution in [0.15, 0.2) is 60.7 Å². The Labute approximate surface area is 450 Å². The van der Waals surface area contributed by atoms with Gasteiger partial charge in [0.05, 0.1) is 42.0 Å². The molecule has 0 spiro atoms.